The third-order valence-electron chi connectivity index (χ3n) is 4.76. The molecule has 7 nitrogen and oxygen atoms in total. The van der Waals surface area contributed by atoms with Crippen molar-refractivity contribution in [3.63, 3.8) is 0 Å². The molecule has 0 aliphatic heterocycles. The first-order chi connectivity index (χ1) is 16.1. The van der Waals surface area contributed by atoms with E-state index < -0.39 is 40.8 Å². The number of benzene rings is 3. The molecule has 0 saturated carbocycles. The van der Waals surface area contributed by atoms with Crippen LogP contribution >= 0.6 is 23.2 Å². The van der Waals surface area contributed by atoms with Crippen LogP contribution in [0.25, 0.3) is 0 Å². The van der Waals surface area contributed by atoms with Gasteiger partial charge in [0.1, 0.15) is 5.82 Å². The lowest BCUT2D eigenvalue weighted by Gasteiger charge is -2.23. The number of rotatable bonds is 8. The number of hydrogen-bond acceptors (Lipinski definition) is 5. The normalized spacial score (nSPS) is 11.3. The fourth-order valence-electron chi connectivity index (χ4n) is 3.01. The molecular weight excluding hydrogens is 506 g/mol. The predicted octanol–water partition coefficient (Wildman–Crippen LogP) is 4.75. The predicted molar refractivity (Wildman–Crippen MR) is 127 cm³/mol. The van der Waals surface area contributed by atoms with E-state index in [4.69, 9.17) is 23.2 Å². The third kappa shape index (κ3) is 6.12. The van der Waals surface area contributed by atoms with Crippen molar-refractivity contribution in [2.24, 2.45) is 0 Å². The summed E-state index contributed by atoms with van der Waals surface area (Å²) in [5.74, 6) is -1.93. The van der Waals surface area contributed by atoms with Crippen LogP contribution in [0.2, 0.25) is 10.0 Å². The van der Waals surface area contributed by atoms with Crippen LogP contribution in [0.15, 0.2) is 71.6 Å². The van der Waals surface area contributed by atoms with Gasteiger partial charge < -0.3 is 10.1 Å². The molecule has 0 radical (unpaired) electrons. The van der Waals surface area contributed by atoms with Gasteiger partial charge in [0, 0.05) is 27.8 Å². The Morgan fingerprint density at radius 3 is 2.24 bits per heavy atom. The molecule has 0 heterocycles. The van der Waals surface area contributed by atoms with Gasteiger partial charge in [0.2, 0.25) is 15.9 Å². The van der Waals surface area contributed by atoms with Gasteiger partial charge in [0.15, 0.2) is 0 Å². The molecule has 0 atom stereocenters. The largest absolute Gasteiger partial charge is 0.465 e. The zero-order valence-electron chi connectivity index (χ0n) is 17.8. The SMILES string of the molecule is COC(=O)c1ccc(NC(=O)CN(Cc2c(F)cccc2Cl)S(=O)(=O)c2ccc(Cl)cc2)cc1. The molecule has 3 rings (SSSR count). The second-order valence-electron chi connectivity index (χ2n) is 7.04. The fourth-order valence-corrected chi connectivity index (χ4v) is 4.72. The lowest BCUT2D eigenvalue weighted by Crippen LogP contribution is -2.37. The lowest BCUT2D eigenvalue weighted by atomic mass is 10.2. The maximum atomic E-state index is 14.4. The Morgan fingerprint density at radius 2 is 1.65 bits per heavy atom. The van der Waals surface area contributed by atoms with E-state index in [9.17, 15) is 22.4 Å². The average Bonchev–Trinajstić information content (AvgIpc) is 2.81. The van der Waals surface area contributed by atoms with Crippen LogP contribution in [0, 0.1) is 5.82 Å². The Morgan fingerprint density at radius 1 is 1.00 bits per heavy atom. The summed E-state index contributed by atoms with van der Waals surface area (Å²) in [5.41, 5.74) is 0.531. The number of amides is 1. The number of ether oxygens (including phenoxy) is 1. The van der Waals surface area contributed by atoms with Gasteiger partial charge in [-0.05, 0) is 60.7 Å². The van der Waals surface area contributed by atoms with Crippen LogP contribution in [0.4, 0.5) is 10.1 Å². The summed E-state index contributed by atoms with van der Waals surface area (Å²) in [6, 6.07) is 15.2. The molecule has 3 aromatic carbocycles. The van der Waals surface area contributed by atoms with Gasteiger partial charge in [0.05, 0.1) is 24.1 Å². The fraction of sp³-hybridized carbons (Fsp3) is 0.130. The Labute approximate surface area is 206 Å². The van der Waals surface area contributed by atoms with E-state index in [1.54, 1.807) is 0 Å². The minimum absolute atomic E-state index is 0.0233. The molecule has 178 valence electrons. The quantitative estimate of drug-likeness (QED) is 0.429. The number of esters is 1. The van der Waals surface area contributed by atoms with Gasteiger partial charge in [-0.2, -0.15) is 4.31 Å². The highest BCUT2D eigenvalue weighted by Gasteiger charge is 2.28. The van der Waals surface area contributed by atoms with Crippen molar-refractivity contribution in [3.8, 4) is 0 Å². The Bertz CT molecular complexity index is 1280. The molecule has 0 aliphatic carbocycles. The second kappa shape index (κ2) is 11.0. The van der Waals surface area contributed by atoms with Crippen molar-refractivity contribution < 1.29 is 27.1 Å². The van der Waals surface area contributed by atoms with Gasteiger partial charge in [-0.25, -0.2) is 17.6 Å². The van der Waals surface area contributed by atoms with Crippen molar-refractivity contribution >= 4 is 50.8 Å². The molecule has 34 heavy (non-hydrogen) atoms. The van der Waals surface area contributed by atoms with Gasteiger partial charge >= 0.3 is 5.97 Å². The van der Waals surface area contributed by atoms with E-state index in [0.29, 0.717) is 10.7 Å². The second-order valence-corrected chi connectivity index (χ2v) is 9.83. The number of sulfonamides is 1. The summed E-state index contributed by atoms with van der Waals surface area (Å²) >= 11 is 12.0. The molecule has 0 fully saturated rings. The zero-order chi connectivity index (χ0) is 24.9. The molecule has 0 bridgehead atoms. The molecule has 0 unspecified atom stereocenters. The summed E-state index contributed by atoms with van der Waals surface area (Å²) in [7, 11) is -2.99. The Balaban J connectivity index is 1.88. The van der Waals surface area contributed by atoms with E-state index in [1.165, 1.54) is 67.8 Å². The van der Waals surface area contributed by atoms with Crippen LogP contribution in [-0.2, 0) is 26.1 Å². The van der Waals surface area contributed by atoms with Crippen molar-refractivity contribution in [2.45, 2.75) is 11.4 Å². The van der Waals surface area contributed by atoms with E-state index in [1.807, 2.05) is 0 Å². The summed E-state index contributed by atoms with van der Waals surface area (Å²) in [5, 5.41) is 2.91. The number of hydrogen-bond donors (Lipinski definition) is 1. The number of methoxy groups -OCH3 is 1. The lowest BCUT2D eigenvalue weighted by molar-refractivity contribution is -0.116. The molecule has 0 spiro atoms. The monoisotopic (exact) mass is 524 g/mol. The minimum Gasteiger partial charge on any atom is -0.465 e. The summed E-state index contributed by atoms with van der Waals surface area (Å²) < 4.78 is 46.4. The van der Waals surface area contributed by atoms with Crippen LogP contribution in [0.1, 0.15) is 15.9 Å². The van der Waals surface area contributed by atoms with Crippen LogP contribution < -0.4 is 5.32 Å². The topological polar surface area (TPSA) is 92.8 Å². The van der Waals surface area contributed by atoms with E-state index in [-0.39, 0.29) is 21.0 Å². The third-order valence-corrected chi connectivity index (χ3v) is 7.17. The zero-order valence-corrected chi connectivity index (χ0v) is 20.1. The Kier molecular flexibility index (Phi) is 8.27. The summed E-state index contributed by atoms with van der Waals surface area (Å²) in [4.78, 5) is 24.2. The summed E-state index contributed by atoms with van der Waals surface area (Å²) in [6.45, 7) is -1.11. The first-order valence-electron chi connectivity index (χ1n) is 9.78. The van der Waals surface area contributed by atoms with Crippen LogP contribution in [0.3, 0.4) is 0 Å². The molecule has 0 aromatic heterocycles. The number of anilines is 1. The number of nitrogens with zero attached hydrogens (tertiary/aromatic N) is 1. The molecule has 1 N–H and O–H groups in total. The molecule has 0 saturated heterocycles. The molecular formula is C23H19Cl2FN2O5S. The smallest absolute Gasteiger partial charge is 0.337 e. The molecule has 0 aliphatic rings. The summed E-state index contributed by atoms with van der Waals surface area (Å²) in [6.07, 6.45) is 0. The van der Waals surface area contributed by atoms with Crippen molar-refractivity contribution in [2.75, 3.05) is 19.0 Å². The number of nitrogens with one attached hydrogen (secondary N) is 1. The van der Waals surface area contributed by atoms with Gasteiger partial charge in [-0.15, -0.1) is 0 Å². The highest BCUT2D eigenvalue weighted by atomic mass is 35.5. The number of carbonyl (C=O) groups is 2. The van der Waals surface area contributed by atoms with Gasteiger partial charge in [0.25, 0.3) is 0 Å². The van der Waals surface area contributed by atoms with E-state index in [0.717, 1.165) is 10.4 Å². The molecule has 1 amide bonds. The average molecular weight is 525 g/mol. The highest BCUT2D eigenvalue weighted by Crippen LogP contribution is 2.25. The van der Waals surface area contributed by atoms with Gasteiger partial charge in [-0.3, -0.25) is 4.79 Å². The standard InChI is InChI=1S/C23H19Cl2FN2O5S/c1-33-23(30)15-5-9-17(10-6-15)27-22(29)14-28(13-19-20(25)3-2-4-21(19)26)34(31,32)18-11-7-16(24)8-12-18/h2-12H,13-14H2,1H3,(H,27,29). The molecule has 11 heteroatoms. The number of carbonyl (C=O) groups excluding carboxylic acids is 2. The van der Waals surface area contributed by atoms with Crippen molar-refractivity contribution in [1.29, 1.82) is 0 Å². The minimum atomic E-state index is -4.23. The Hall–Kier alpha value is -2.98. The van der Waals surface area contributed by atoms with Gasteiger partial charge in [-0.1, -0.05) is 29.3 Å². The number of halogens is 3. The maximum Gasteiger partial charge on any atom is 0.337 e. The van der Waals surface area contributed by atoms with Crippen molar-refractivity contribution in [3.05, 3.63) is 93.7 Å². The van der Waals surface area contributed by atoms with Crippen molar-refractivity contribution in [1.82, 2.24) is 4.31 Å². The van der Waals surface area contributed by atoms with E-state index in [2.05, 4.69) is 10.1 Å². The van der Waals surface area contributed by atoms with Crippen LogP contribution in [-0.4, -0.2) is 38.3 Å². The first-order valence-corrected chi connectivity index (χ1v) is 12.0. The molecule has 3 aromatic rings. The van der Waals surface area contributed by atoms with E-state index >= 15 is 0 Å². The van der Waals surface area contributed by atoms with Crippen LogP contribution in [0.5, 0.6) is 0 Å². The first kappa shape index (κ1) is 25.6. The maximum absolute atomic E-state index is 14.4. The highest BCUT2D eigenvalue weighted by molar-refractivity contribution is 7.89.